The lowest BCUT2D eigenvalue weighted by Crippen LogP contribution is -2.11. The summed E-state index contributed by atoms with van der Waals surface area (Å²) in [5, 5.41) is 11.6. The van der Waals surface area contributed by atoms with Crippen LogP contribution in [0.5, 0.6) is 5.75 Å². The average molecular weight is 317 g/mol. The summed E-state index contributed by atoms with van der Waals surface area (Å²) in [6.45, 7) is 1.85. The van der Waals surface area contributed by atoms with Gasteiger partial charge in [-0.2, -0.15) is 0 Å². The molecule has 2 heterocycles. The van der Waals surface area contributed by atoms with E-state index in [1.165, 1.54) is 23.5 Å². The Labute approximate surface area is 129 Å². The molecular formula is C16H12FNO3S. The Bertz CT molecular complexity index is 838. The molecule has 0 saturated heterocycles. The lowest BCUT2D eigenvalue weighted by atomic mass is 10.3. The van der Waals surface area contributed by atoms with Crippen LogP contribution in [0, 0.1) is 12.7 Å². The van der Waals surface area contributed by atoms with E-state index in [0.717, 1.165) is 16.7 Å². The van der Waals surface area contributed by atoms with Crippen molar-refractivity contribution in [2.75, 3.05) is 5.32 Å². The van der Waals surface area contributed by atoms with Crippen molar-refractivity contribution in [3.63, 3.8) is 0 Å². The number of hydrogen-bond acceptors (Lipinski definition) is 4. The van der Waals surface area contributed by atoms with E-state index in [1.807, 2.05) is 19.1 Å². The Morgan fingerprint density at radius 3 is 2.73 bits per heavy atom. The first-order valence-electron chi connectivity index (χ1n) is 6.49. The van der Waals surface area contributed by atoms with Crippen LogP contribution in [-0.2, 0) is 0 Å². The highest BCUT2D eigenvalue weighted by atomic mass is 32.1. The van der Waals surface area contributed by atoms with Crippen molar-refractivity contribution in [2.45, 2.75) is 6.92 Å². The molecule has 0 bridgehead atoms. The number of benzene rings is 1. The quantitative estimate of drug-likeness (QED) is 0.703. The minimum absolute atomic E-state index is 0.0200. The molecule has 0 spiro atoms. The first-order valence-corrected chi connectivity index (χ1v) is 7.31. The molecule has 22 heavy (non-hydrogen) atoms. The van der Waals surface area contributed by atoms with Crippen molar-refractivity contribution >= 4 is 22.9 Å². The first-order chi connectivity index (χ1) is 10.5. The highest BCUT2D eigenvalue weighted by molar-refractivity contribution is 7.17. The van der Waals surface area contributed by atoms with Gasteiger partial charge >= 0.3 is 0 Å². The summed E-state index contributed by atoms with van der Waals surface area (Å²) in [6.07, 6.45) is 0. The average Bonchev–Trinajstić information content (AvgIpc) is 3.10. The molecular weight excluding hydrogens is 305 g/mol. The summed E-state index contributed by atoms with van der Waals surface area (Å²) in [6, 6.07) is 10.7. The van der Waals surface area contributed by atoms with E-state index < -0.39 is 11.7 Å². The fourth-order valence-corrected chi connectivity index (χ4v) is 2.81. The molecule has 0 atom stereocenters. The topological polar surface area (TPSA) is 62.5 Å². The van der Waals surface area contributed by atoms with Crippen LogP contribution in [0.2, 0.25) is 0 Å². The number of rotatable bonds is 3. The molecule has 4 nitrogen and oxygen atoms in total. The maximum absolute atomic E-state index is 13.6. The van der Waals surface area contributed by atoms with Crippen molar-refractivity contribution in [3.8, 4) is 16.4 Å². The van der Waals surface area contributed by atoms with Crippen LogP contribution in [0.25, 0.3) is 10.6 Å². The standard InChI is InChI=1S/C16H12FNO3S/c1-9-2-5-13(21-9)14-6-7-15(22-14)16(20)18-12-4-3-10(19)8-11(12)17/h2-8,19H,1H3,(H,18,20). The van der Waals surface area contributed by atoms with Gasteiger partial charge in [-0.3, -0.25) is 4.79 Å². The largest absolute Gasteiger partial charge is 0.508 e. The zero-order valence-electron chi connectivity index (χ0n) is 11.6. The third kappa shape index (κ3) is 2.87. The summed E-state index contributed by atoms with van der Waals surface area (Å²) < 4.78 is 19.1. The third-order valence-electron chi connectivity index (χ3n) is 3.01. The predicted molar refractivity (Wildman–Crippen MR) is 82.8 cm³/mol. The second-order valence-electron chi connectivity index (χ2n) is 4.69. The summed E-state index contributed by atoms with van der Waals surface area (Å²) in [7, 11) is 0. The van der Waals surface area contributed by atoms with E-state index in [2.05, 4.69) is 5.32 Å². The van der Waals surface area contributed by atoms with Crippen molar-refractivity contribution in [2.24, 2.45) is 0 Å². The van der Waals surface area contributed by atoms with Crippen LogP contribution in [-0.4, -0.2) is 11.0 Å². The Kier molecular flexibility index (Phi) is 3.68. The van der Waals surface area contributed by atoms with Crippen LogP contribution in [0.4, 0.5) is 10.1 Å². The zero-order chi connectivity index (χ0) is 15.7. The molecule has 0 aliphatic heterocycles. The minimum Gasteiger partial charge on any atom is -0.508 e. The number of amides is 1. The predicted octanol–water partition coefficient (Wildman–Crippen LogP) is 4.41. The number of furan rings is 1. The fourth-order valence-electron chi connectivity index (χ4n) is 1.95. The van der Waals surface area contributed by atoms with Gasteiger partial charge in [0.1, 0.15) is 23.1 Å². The number of aromatic hydroxyl groups is 1. The van der Waals surface area contributed by atoms with Gasteiger partial charge in [-0.05, 0) is 43.3 Å². The van der Waals surface area contributed by atoms with Crippen LogP contribution in [0.1, 0.15) is 15.4 Å². The van der Waals surface area contributed by atoms with E-state index in [1.54, 1.807) is 12.1 Å². The van der Waals surface area contributed by atoms with Crippen LogP contribution in [0.15, 0.2) is 46.9 Å². The number of carbonyl (C=O) groups excluding carboxylic acids is 1. The number of aryl methyl sites for hydroxylation is 1. The number of phenols is 1. The summed E-state index contributed by atoms with van der Waals surface area (Å²) >= 11 is 1.26. The van der Waals surface area contributed by atoms with Crippen molar-refractivity contribution in [1.29, 1.82) is 0 Å². The Morgan fingerprint density at radius 1 is 1.23 bits per heavy atom. The third-order valence-corrected chi connectivity index (χ3v) is 4.11. The highest BCUT2D eigenvalue weighted by Gasteiger charge is 2.14. The van der Waals surface area contributed by atoms with Gasteiger partial charge in [-0.15, -0.1) is 11.3 Å². The molecule has 0 unspecified atom stereocenters. The molecule has 0 fully saturated rings. The van der Waals surface area contributed by atoms with Gasteiger partial charge in [0, 0.05) is 6.07 Å². The molecule has 3 aromatic rings. The molecule has 0 radical (unpaired) electrons. The summed E-state index contributed by atoms with van der Waals surface area (Å²) in [4.78, 5) is 13.4. The molecule has 6 heteroatoms. The Balaban J connectivity index is 1.79. The number of hydrogen-bond donors (Lipinski definition) is 2. The normalized spacial score (nSPS) is 10.6. The van der Waals surface area contributed by atoms with Gasteiger partial charge in [0.15, 0.2) is 0 Å². The van der Waals surface area contributed by atoms with Gasteiger partial charge in [-0.25, -0.2) is 4.39 Å². The molecule has 1 amide bonds. The van der Waals surface area contributed by atoms with Crippen molar-refractivity contribution < 1.29 is 18.7 Å². The SMILES string of the molecule is Cc1ccc(-c2ccc(C(=O)Nc3ccc(O)cc3F)s2)o1. The first kappa shape index (κ1) is 14.3. The number of carbonyl (C=O) groups is 1. The smallest absolute Gasteiger partial charge is 0.265 e. The van der Waals surface area contributed by atoms with Crippen LogP contribution >= 0.6 is 11.3 Å². The van der Waals surface area contributed by atoms with Gasteiger partial charge in [0.05, 0.1) is 15.4 Å². The molecule has 112 valence electrons. The van der Waals surface area contributed by atoms with Gasteiger partial charge < -0.3 is 14.8 Å². The van der Waals surface area contributed by atoms with Gasteiger partial charge in [0.25, 0.3) is 5.91 Å². The Hall–Kier alpha value is -2.60. The van der Waals surface area contributed by atoms with Crippen LogP contribution in [0.3, 0.4) is 0 Å². The number of nitrogens with one attached hydrogen (secondary N) is 1. The molecule has 3 rings (SSSR count). The summed E-state index contributed by atoms with van der Waals surface area (Å²) in [5.41, 5.74) is 0.0200. The Morgan fingerprint density at radius 2 is 2.05 bits per heavy atom. The lowest BCUT2D eigenvalue weighted by molar-refractivity contribution is 0.103. The second kappa shape index (κ2) is 5.65. The number of halogens is 1. The van der Waals surface area contributed by atoms with E-state index in [4.69, 9.17) is 9.52 Å². The summed E-state index contributed by atoms with van der Waals surface area (Å²) in [5.74, 6) is 0.191. The van der Waals surface area contributed by atoms with E-state index in [0.29, 0.717) is 10.6 Å². The monoisotopic (exact) mass is 317 g/mol. The second-order valence-corrected chi connectivity index (χ2v) is 5.78. The van der Waals surface area contributed by atoms with E-state index >= 15 is 0 Å². The number of anilines is 1. The molecule has 0 aliphatic carbocycles. The van der Waals surface area contributed by atoms with E-state index in [-0.39, 0.29) is 11.4 Å². The molecule has 2 N–H and O–H groups in total. The van der Waals surface area contributed by atoms with Crippen LogP contribution < -0.4 is 5.32 Å². The zero-order valence-corrected chi connectivity index (χ0v) is 12.4. The minimum atomic E-state index is -0.688. The van der Waals surface area contributed by atoms with E-state index in [9.17, 15) is 9.18 Å². The van der Waals surface area contributed by atoms with Gasteiger partial charge in [0.2, 0.25) is 0 Å². The molecule has 0 aliphatic rings. The number of phenolic OH excluding ortho intramolecular Hbond substituents is 1. The fraction of sp³-hybridized carbons (Fsp3) is 0.0625. The van der Waals surface area contributed by atoms with Crippen molar-refractivity contribution in [1.82, 2.24) is 0 Å². The lowest BCUT2D eigenvalue weighted by Gasteiger charge is -2.05. The molecule has 1 aromatic carbocycles. The number of thiophene rings is 1. The maximum Gasteiger partial charge on any atom is 0.265 e. The highest BCUT2D eigenvalue weighted by Crippen LogP contribution is 2.30. The molecule has 0 saturated carbocycles. The van der Waals surface area contributed by atoms with Crippen molar-refractivity contribution in [3.05, 3.63) is 58.9 Å². The maximum atomic E-state index is 13.6. The molecule has 2 aromatic heterocycles. The van der Waals surface area contributed by atoms with Gasteiger partial charge in [-0.1, -0.05) is 0 Å².